The largest absolute Gasteiger partial charge is 0.400 e. The lowest BCUT2D eigenvalue weighted by Gasteiger charge is -2.59. The predicted octanol–water partition coefficient (Wildman–Crippen LogP) is 1.33. The molecule has 0 aromatic heterocycles. The van der Waals surface area contributed by atoms with Crippen molar-refractivity contribution in [2.24, 2.45) is 16.6 Å². The highest BCUT2D eigenvalue weighted by molar-refractivity contribution is 5.60. The summed E-state index contributed by atoms with van der Waals surface area (Å²) in [6.45, 7) is 5.53. The number of piperidine rings is 1. The van der Waals surface area contributed by atoms with Gasteiger partial charge in [-0.3, -0.25) is 0 Å². The fourth-order valence-electron chi connectivity index (χ4n) is 3.74. The molecule has 1 saturated heterocycles. The van der Waals surface area contributed by atoms with Gasteiger partial charge in [-0.25, -0.2) is 0 Å². The molecule has 1 aliphatic carbocycles. The minimum absolute atomic E-state index is 0.142. The van der Waals surface area contributed by atoms with E-state index < -0.39 is 16.4 Å². The van der Waals surface area contributed by atoms with Crippen LogP contribution in [0.5, 0.6) is 0 Å². The molecule has 2 bridgehead atoms. The maximum Gasteiger partial charge on any atom is 0.150 e. The molecular formula is C15H14N6. The van der Waals surface area contributed by atoms with Crippen molar-refractivity contribution >= 4 is 0 Å². The molecule has 0 saturated carbocycles. The average Bonchev–Trinajstić information content (AvgIpc) is 2.38. The second-order valence-corrected chi connectivity index (χ2v) is 6.25. The van der Waals surface area contributed by atoms with Gasteiger partial charge in [-0.1, -0.05) is 13.8 Å². The van der Waals surface area contributed by atoms with Gasteiger partial charge in [0.05, 0.1) is 34.6 Å². The Hall–Kier alpha value is -2.96. The van der Waals surface area contributed by atoms with E-state index in [0.29, 0.717) is 12.0 Å². The third-order valence-electron chi connectivity index (χ3n) is 4.56. The van der Waals surface area contributed by atoms with E-state index >= 15 is 0 Å². The van der Waals surface area contributed by atoms with E-state index in [-0.39, 0.29) is 17.0 Å². The number of nitrogens with zero attached hydrogens (tertiary/aromatic N) is 4. The number of nitrogens with one attached hydrogen (secondary N) is 1. The van der Waals surface area contributed by atoms with Gasteiger partial charge in [0.15, 0.2) is 5.57 Å². The average molecular weight is 278 g/mol. The summed E-state index contributed by atoms with van der Waals surface area (Å²) in [7, 11) is 0. The topological polar surface area (TPSA) is 133 Å². The fraction of sp³-hybridized carbons (Fsp3) is 0.467. The second-order valence-electron chi connectivity index (χ2n) is 6.25. The van der Waals surface area contributed by atoms with Crippen LogP contribution >= 0.6 is 0 Å². The highest BCUT2D eigenvalue weighted by Gasteiger charge is 2.65. The van der Waals surface area contributed by atoms with Gasteiger partial charge in [0.2, 0.25) is 0 Å². The van der Waals surface area contributed by atoms with Crippen molar-refractivity contribution in [2.75, 3.05) is 0 Å². The van der Waals surface area contributed by atoms with Gasteiger partial charge in [0.1, 0.15) is 17.6 Å². The van der Waals surface area contributed by atoms with E-state index in [9.17, 15) is 21.0 Å². The standard InChI is InChI=1S/C15H14N6/c1-13(2)7-14(3)10(6-18)11(20)15(13,8-19)12(21-14)9(4-16)5-17/h21H,7,20H2,1-3H3. The number of fused-ring (bicyclic) bond motifs is 2. The molecule has 1 fully saturated rings. The van der Waals surface area contributed by atoms with Gasteiger partial charge in [-0.2, -0.15) is 21.0 Å². The number of nitrogens with two attached hydrogens (primary N) is 1. The van der Waals surface area contributed by atoms with E-state index in [1.165, 1.54) is 0 Å². The van der Waals surface area contributed by atoms with E-state index in [4.69, 9.17) is 5.73 Å². The number of allylic oxidation sites excluding steroid dienone is 1. The molecule has 2 aliphatic heterocycles. The van der Waals surface area contributed by atoms with E-state index in [1.54, 1.807) is 6.92 Å². The Kier molecular flexibility index (Phi) is 2.76. The molecule has 3 N–H and O–H groups in total. The molecule has 2 unspecified atom stereocenters. The molecule has 2 atom stereocenters. The first-order valence-corrected chi connectivity index (χ1v) is 6.39. The number of hydrogen-bond acceptors (Lipinski definition) is 6. The molecule has 2 heterocycles. The molecule has 3 rings (SSSR count). The Morgan fingerprint density at radius 3 is 2.14 bits per heavy atom. The molecule has 3 aliphatic rings. The van der Waals surface area contributed by atoms with Gasteiger partial charge in [-0.15, -0.1) is 0 Å². The summed E-state index contributed by atoms with van der Waals surface area (Å²) in [5.41, 5.74) is 3.89. The van der Waals surface area contributed by atoms with E-state index in [0.717, 1.165) is 0 Å². The molecule has 0 aromatic carbocycles. The third kappa shape index (κ3) is 1.42. The van der Waals surface area contributed by atoms with Gasteiger partial charge in [0.25, 0.3) is 0 Å². The van der Waals surface area contributed by atoms with Crippen LogP contribution in [0.15, 0.2) is 22.5 Å². The quantitative estimate of drug-likeness (QED) is 0.642. The minimum atomic E-state index is -1.36. The lowest BCUT2D eigenvalue weighted by molar-refractivity contribution is 0.0758. The molecule has 6 heteroatoms. The summed E-state index contributed by atoms with van der Waals surface area (Å²) < 4.78 is 0. The van der Waals surface area contributed by atoms with Crippen molar-refractivity contribution in [3.05, 3.63) is 22.5 Å². The molecule has 0 radical (unpaired) electrons. The SMILES string of the molecule is CC12CC(C)(C)C(C#N)(C(N)=C1C#N)C(=C(C#N)C#N)N2. The van der Waals surface area contributed by atoms with Crippen LogP contribution in [0.2, 0.25) is 0 Å². The Morgan fingerprint density at radius 2 is 1.71 bits per heavy atom. The van der Waals surface area contributed by atoms with Crippen LogP contribution in [0.1, 0.15) is 27.2 Å². The molecule has 104 valence electrons. The molecule has 0 amide bonds. The van der Waals surface area contributed by atoms with Crippen molar-refractivity contribution in [3.63, 3.8) is 0 Å². The van der Waals surface area contributed by atoms with Crippen LogP contribution < -0.4 is 11.1 Å². The van der Waals surface area contributed by atoms with Crippen LogP contribution in [0, 0.1) is 56.2 Å². The molecule has 0 spiro atoms. The predicted molar refractivity (Wildman–Crippen MR) is 73.1 cm³/mol. The van der Waals surface area contributed by atoms with Crippen molar-refractivity contribution < 1.29 is 0 Å². The third-order valence-corrected chi connectivity index (χ3v) is 4.56. The summed E-state index contributed by atoms with van der Waals surface area (Å²) in [6.07, 6.45) is 0.505. The molecule has 0 aromatic rings. The molecular weight excluding hydrogens is 264 g/mol. The van der Waals surface area contributed by atoms with Gasteiger partial charge >= 0.3 is 0 Å². The Bertz CT molecular complexity index is 742. The van der Waals surface area contributed by atoms with Crippen LogP contribution in [-0.2, 0) is 0 Å². The minimum Gasteiger partial charge on any atom is -0.400 e. The Morgan fingerprint density at radius 1 is 1.14 bits per heavy atom. The zero-order chi connectivity index (χ0) is 16.1. The van der Waals surface area contributed by atoms with Crippen molar-refractivity contribution in [2.45, 2.75) is 32.7 Å². The molecule has 6 nitrogen and oxygen atoms in total. The van der Waals surface area contributed by atoms with Crippen molar-refractivity contribution in [3.8, 4) is 24.3 Å². The van der Waals surface area contributed by atoms with Gasteiger partial charge in [0, 0.05) is 0 Å². The highest BCUT2D eigenvalue weighted by Crippen LogP contribution is 2.61. The van der Waals surface area contributed by atoms with Crippen LogP contribution in [0.3, 0.4) is 0 Å². The summed E-state index contributed by atoms with van der Waals surface area (Å²) >= 11 is 0. The zero-order valence-corrected chi connectivity index (χ0v) is 12.1. The summed E-state index contributed by atoms with van der Waals surface area (Å²) in [5.74, 6) is 0. The maximum atomic E-state index is 9.81. The van der Waals surface area contributed by atoms with Crippen LogP contribution in [-0.4, -0.2) is 5.54 Å². The first-order valence-electron chi connectivity index (χ1n) is 6.39. The normalized spacial score (nSPS) is 32.2. The lowest BCUT2D eigenvalue weighted by Crippen LogP contribution is -2.66. The van der Waals surface area contributed by atoms with Gasteiger partial charge in [-0.05, 0) is 18.8 Å². The summed E-state index contributed by atoms with van der Waals surface area (Å²) in [6, 6.07) is 7.88. The smallest absolute Gasteiger partial charge is 0.150 e. The first kappa shape index (κ1) is 14.4. The van der Waals surface area contributed by atoms with E-state index in [1.807, 2.05) is 26.0 Å². The monoisotopic (exact) mass is 278 g/mol. The first-order chi connectivity index (χ1) is 9.74. The van der Waals surface area contributed by atoms with Crippen molar-refractivity contribution in [1.82, 2.24) is 5.32 Å². The number of rotatable bonds is 0. The molecule has 21 heavy (non-hydrogen) atoms. The van der Waals surface area contributed by atoms with Crippen LogP contribution in [0.25, 0.3) is 0 Å². The summed E-state index contributed by atoms with van der Waals surface area (Å²) in [5, 5.41) is 40.6. The zero-order valence-electron chi connectivity index (χ0n) is 12.1. The van der Waals surface area contributed by atoms with Gasteiger partial charge < -0.3 is 11.1 Å². The van der Waals surface area contributed by atoms with Crippen molar-refractivity contribution in [1.29, 1.82) is 21.0 Å². The highest BCUT2D eigenvalue weighted by atomic mass is 15.1. The van der Waals surface area contributed by atoms with E-state index in [2.05, 4.69) is 17.5 Å². The Balaban J connectivity index is 3.01. The lowest BCUT2D eigenvalue weighted by atomic mass is 9.49. The maximum absolute atomic E-state index is 9.81. The Labute approximate surface area is 123 Å². The summed E-state index contributed by atoms with van der Waals surface area (Å²) in [4.78, 5) is 0. The second kappa shape index (κ2) is 4.02. The van der Waals surface area contributed by atoms with Crippen LogP contribution in [0.4, 0.5) is 0 Å². The number of nitriles is 4. The number of hydrogen-bond donors (Lipinski definition) is 2. The fourth-order valence-corrected chi connectivity index (χ4v) is 3.74.